The zero-order chi connectivity index (χ0) is 20.8. The fourth-order valence-electron chi connectivity index (χ4n) is 3.72. The van der Waals surface area contributed by atoms with E-state index < -0.39 is 0 Å². The minimum atomic E-state index is -0.281. The maximum atomic E-state index is 13.1. The van der Waals surface area contributed by atoms with Gasteiger partial charge in [0, 0.05) is 25.7 Å². The summed E-state index contributed by atoms with van der Waals surface area (Å²) in [5.74, 6) is 0.117. The van der Waals surface area contributed by atoms with E-state index in [9.17, 15) is 9.18 Å². The molecule has 1 heterocycles. The van der Waals surface area contributed by atoms with Crippen LogP contribution >= 0.6 is 0 Å². The standard InChI is InChI=1S/C25H25FN2O2/c26-21-12-10-20(11-13-21)18-30-24-9-5-4-8-23(24)25(29)27-22-14-15-28(17-22)16-19-6-2-1-3-7-19/h1-13,22H,14-18H2,(H,27,29). The maximum Gasteiger partial charge on any atom is 0.255 e. The Hall–Kier alpha value is -3.18. The maximum absolute atomic E-state index is 13.1. The van der Waals surface area contributed by atoms with Crippen LogP contribution in [0.15, 0.2) is 78.9 Å². The Kier molecular flexibility index (Phi) is 6.40. The average Bonchev–Trinajstić information content (AvgIpc) is 3.21. The molecule has 4 rings (SSSR count). The topological polar surface area (TPSA) is 41.6 Å². The van der Waals surface area contributed by atoms with Crippen LogP contribution in [0.5, 0.6) is 5.75 Å². The number of para-hydroxylation sites is 1. The van der Waals surface area contributed by atoms with Gasteiger partial charge in [0.2, 0.25) is 0 Å². The smallest absolute Gasteiger partial charge is 0.255 e. The average molecular weight is 404 g/mol. The van der Waals surface area contributed by atoms with Crippen LogP contribution in [-0.2, 0) is 13.2 Å². The lowest BCUT2D eigenvalue weighted by atomic mass is 10.1. The highest BCUT2D eigenvalue weighted by atomic mass is 19.1. The Balaban J connectivity index is 1.34. The van der Waals surface area contributed by atoms with Crippen LogP contribution in [0.2, 0.25) is 0 Å². The van der Waals surface area contributed by atoms with E-state index in [2.05, 4.69) is 22.3 Å². The first-order valence-electron chi connectivity index (χ1n) is 10.2. The lowest BCUT2D eigenvalue weighted by Crippen LogP contribution is -2.37. The van der Waals surface area contributed by atoms with Crippen molar-refractivity contribution in [1.82, 2.24) is 10.2 Å². The molecule has 0 aromatic heterocycles. The van der Waals surface area contributed by atoms with E-state index in [4.69, 9.17) is 4.74 Å². The van der Waals surface area contributed by atoms with Crippen molar-refractivity contribution in [3.8, 4) is 5.75 Å². The van der Waals surface area contributed by atoms with Crippen molar-refractivity contribution in [2.75, 3.05) is 13.1 Å². The molecule has 3 aromatic rings. The molecular weight excluding hydrogens is 379 g/mol. The van der Waals surface area contributed by atoms with Crippen molar-refractivity contribution in [1.29, 1.82) is 0 Å². The number of hydrogen-bond acceptors (Lipinski definition) is 3. The fourth-order valence-corrected chi connectivity index (χ4v) is 3.72. The predicted octanol–water partition coefficient (Wildman–Crippen LogP) is 4.41. The Morgan fingerprint density at radius 1 is 0.967 bits per heavy atom. The van der Waals surface area contributed by atoms with E-state index in [0.717, 1.165) is 31.6 Å². The van der Waals surface area contributed by atoms with Gasteiger partial charge in [-0.15, -0.1) is 0 Å². The molecule has 0 bridgehead atoms. The first-order chi connectivity index (χ1) is 14.7. The molecule has 0 radical (unpaired) electrons. The number of nitrogens with one attached hydrogen (secondary N) is 1. The molecule has 1 unspecified atom stereocenters. The van der Waals surface area contributed by atoms with Gasteiger partial charge in [0.15, 0.2) is 0 Å². The Bertz CT molecular complexity index is 976. The lowest BCUT2D eigenvalue weighted by molar-refractivity contribution is 0.0933. The van der Waals surface area contributed by atoms with Crippen molar-refractivity contribution in [2.24, 2.45) is 0 Å². The van der Waals surface area contributed by atoms with Gasteiger partial charge in [-0.1, -0.05) is 54.6 Å². The van der Waals surface area contributed by atoms with Gasteiger partial charge in [-0.2, -0.15) is 0 Å². The Labute approximate surface area is 176 Å². The van der Waals surface area contributed by atoms with E-state index in [-0.39, 0.29) is 24.4 Å². The number of hydrogen-bond donors (Lipinski definition) is 1. The van der Waals surface area contributed by atoms with Gasteiger partial charge in [-0.25, -0.2) is 4.39 Å². The quantitative estimate of drug-likeness (QED) is 0.634. The molecule has 1 amide bonds. The molecule has 5 heteroatoms. The van der Waals surface area contributed by atoms with Gasteiger partial charge in [0.1, 0.15) is 18.2 Å². The number of amides is 1. The number of carbonyl (C=O) groups is 1. The molecule has 1 N–H and O–H groups in total. The van der Waals surface area contributed by atoms with Crippen molar-refractivity contribution < 1.29 is 13.9 Å². The summed E-state index contributed by atoms with van der Waals surface area (Å²) in [4.78, 5) is 15.2. The van der Waals surface area contributed by atoms with Crippen LogP contribution in [0.3, 0.4) is 0 Å². The van der Waals surface area contributed by atoms with Crippen LogP contribution < -0.4 is 10.1 Å². The monoisotopic (exact) mass is 404 g/mol. The second kappa shape index (κ2) is 9.55. The Morgan fingerprint density at radius 3 is 2.50 bits per heavy atom. The highest BCUT2D eigenvalue weighted by molar-refractivity contribution is 5.97. The number of rotatable bonds is 7. The molecule has 1 fully saturated rings. The number of ether oxygens (including phenoxy) is 1. The van der Waals surface area contributed by atoms with Gasteiger partial charge in [-0.3, -0.25) is 9.69 Å². The summed E-state index contributed by atoms with van der Waals surface area (Å²) in [6.45, 7) is 2.96. The van der Waals surface area contributed by atoms with Gasteiger partial charge in [0.25, 0.3) is 5.91 Å². The number of benzene rings is 3. The third-order valence-electron chi connectivity index (χ3n) is 5.30. The van der Waals surface area contributed by atoms with E-state index >= 15 is 0 Å². The first-order valence-corrected chi connectivity index (χ1v) is 10.2. The number of carbonyl (C=O) groups excluding carboxylic acids is 1. The van der Waals surface area contributed by atoms with Gasteiger partial charge >= 0.3 is 0 Å². The molecule has 0 spiro atoms. The fraction of sp³-hybridized carbons (Fsp3) is 0.240. The summed E-state index contributed by atoms with van der Waals surface area (Å²) in [5, 5.41) is 3.15. The third-order valence-corrected chi connectivity index (χ3v) is 5.30. The molecule has 1 aliphatic heterocycles. The SMILES string of the molecule is O=C(NC1CCN(Cc2ccccc2)C1)c1ccccc1OCc1ccc(F)cc1. The highest BCUT2D eigenvalue weighted by Gasteiger charge is 2.25. The minimum Gasteiger partial charge on any atom is -0.488 e. The minimum absolute atomic E-state index is 0.117. The van der Waals surface area contributed by atoms with E-state index in [0.29, 0.717) is 11.3 Å². The Morgan fingerprint density at radius 2 is 1.70 bits per heavy atom. The largest absolute Gasteiger partial charge is 0.488 e. The van der Waals surface area contributed by atoms with Crippen molar-refractivity contribution in [2.45, 2.75) is 25.6 Å². The number of halogens is 1. The van der Waals surface area contributed by atoms with Gasteiger partial charge < -0.3 is 10.1 Å². The lowest BCUT2D eigenvalue weighted by Gasteiger charge is -2.17. The van der Waals surface area contributed by atoms with Crippen LogP contribution in [0.1, 0.15) is 27.9 Å². The van der Waals surface area contributed by atoms with Crippen molar-refractivity contribution in [3.63, 3.8) is 0 Å². The summed E-state index contributed by atoms with van der Waals surface area (Å²) < 4.78 is 18.9. The molecule has 30 heavy (non-hydrogen) atoms. The number of nitrogens with zero attached hydrogens (tertiary/aromatic N) is 1. The van der Waals surface area contributed by atoms with Crippen LogP contribution in [0.4, 0.5) is 4.39 Å². The van der Waals surface area contributed by atoms with Crippen molar-refractivity contribution in [3.05, 3.63) is 101 Å². The normalized spacial score (nSPS) is 16.4. The first kappa shape index (κ1) is 20.1. The molecule has 1 saturated heterocycles. The zero-order valence-electron chi connectivity index (χ0n) is 16.8. The van der Waals surface area contributed by atoms with Crippen LogP contribution in [-0.4, -0.2) is 29.9 Å². The molecule has 154 valence electrons. The van der Waals surface area contributed by atoms with Gasteiger partial charge in [-0.05, 0) is 41.8 Å². The molecule has 0 saturated carbocycles. The molecule has 3 aromatic carbocycles. The molecule has 1 aliphatic rings. The second-order valence-electron chi connectivity index (χ2n) is 7.59. The second-order valence-corrected chi connectivity index (χ2v) is 7.59. The summed E-state index contributed by atoms with van der Waals surface area (Å²) in [7, 11) is 0. The van der Waals surface area contributed by atoms with Crippen LogP contribution in [0.25, 0.3) is 0 Å². The number of likely N-dealkylation sites (tertiary alicyclic amines) is 1. The van der Waals surface area contributed by atoms with E-state index in [1.165, 1.54) is 17.7 Å². The van der Waals surface area contributed by atoms with E-state index in [1.807, 2.05) is 30.3 Å². The molecule has 4 nitrogen and oxygen atoms in total. The third kappa shape index (κ3) is 5.24. The van der Waals surface area contributed by atoms with Gasteiger partial charge in [0.05, 0.1) is 5.56 Å². The highest BCUT2D eigenvalue weighted by Crippen LogP contribution is 2.21. The predicted molar refractivity (Wildman–Crippen MR) is 115 cm³/mol. The summed E-state index contributed by atoms with van der Waals surface area (Å²) in [5.41, 5.74) is 2.64. The summed E-state index contributed by atoms with van der Waals surface area (Å²) in [6.07, 6.45) is 0.928. The van der Waals surface area contributed by atoms with Crippen molar-refractivity contribution >= 4 is 5.91 Å². The zero-order valence-corrected chi connectivity index (χ0v) is 16.8. The van der Waals surface area contributed by atoms with E-state index in [1.54, 1.807) is 24.3 Å². The molecular formula is C25H25FN2O2. The molecule has 0 aliphatic carbocycles. The molecule has 1 atom stereocenters. The summed E-state index contributed by atoms with van der Waals surface area (Å²) >= 11 is 0. The van der Waals surface area contributed by atoms with Crippen LogP contribution in [0, 0.1) is 5.82 Å². The summed E-state index contributed by atoms with van der Waals surface area (Å²) in [6, 6.07) is 23.9.